The van der Waals surface area contributed by atoms with Gasteiger partial charge in [-0.05, 0) is 18.2 Å². The minimum Gasteiger partial charge on any atom is -0.478 e. The summed E-state index contributed by atoms with van der Waals surface area (Å²) in [7, 11) is 1.80. The molecule has 90 valence electrons. The topological polar surface area (TPSA) is 89.4 Å². The number of nitrogens with zero attached hydrogens (tertiary/aromatic N) is 2. The van der Waals surface area contributed by atoms with E-state index in [-0.39, 0.29) is 12.2 Å². The van der Waals surface area contributed by atoms with Crippen molar-refractivity contribution in [3.05, 3.63) is 23.8 Å². The molecular weight excluding hydrogens is 222 g/mol. The van der Waals surface area contributed by atoms with Gasteiger partial charge in [-0.15, -0.1) is 0 Å². The lowest BCUT2D eigenvalue weighted by Gasteiger charge is -2.12. The fourth-order valence-corrected chi connectivity index (χ4v) is 1.57. The second-order valence-corrected chi connectivity index (χ2v) is 3.74. The first-order chi connectivity index (χ1) is 8.11. The number of aliphatic hydroxyl groups excluding tert-OH is 1. The van der Waals surface area contributed by atoms with Gasteiger partial charge in [-0.2, -0.15) is 0 Å². The molecule has 0 bridgehead atoms. The molecule has 0 aliphatic heterocycles. The Morgan fingerprint density at radius 2 is 2.29 bits per heavy atom. The molecule has 6 nitrogen and oxygen atoms in total. The first-order valence-electron chi connectivity index (χ1n) is 5.17. The maximum absolute atomic E-state index is 10.8. The quantitative estimate of drug-likeness (QED) is 0.725. The van der Waals surface area contributed by atoms with Crippen molar-refractivity contribution in [2.24, 2.45) is 0 Å². The molecule has 2 rings (SSSR count). The Labute approximate surface area is 97.5 Å². The van der Waals surface area contributed by atoms with E-state index in [1.165, 1.54) is 6.07 Å². The second-order valence-electron chi connectivity index (χ2n) is 3.74. The summed E-state index contributed by atoms with van der Waals surface area (Å²) in [5, 5.41) is 17.7. The lowest BCUT2D eigenvalue weighted by molar-refractivity contribution is 0.0697. The van der Waals surface area contributed by atoms with Crippen molar-refractivity contribution in [1.29, 1.82) is 0 Å². The van der Waals surface area contributed by atoms with Gasteiger partial charge in [0.2, 0.25) is 5.95 Å². The molecule has 3 N–H and O–H groups in total. The van der Waals surface area contributed by atoms with Gasteiger partial charge in [0.05, 0.1) is 23.2 Å². The number of aromatic amines is 1. The van der Waals surface area contributed by atoms with Crippen molar-refractivity contribution in [2.75, 3.05) is 25.1 Å². The van der Waals surface area contributed by atoms with Gasteiger partial charge in [0.1, 0.15) is 0 Å². The number of hydrogen-bond donors (Lipinski definition) is 3. The van der Waals surface area contributed by atoms with Crippen LogP contribution >= 0.6 is 0 Å². The molecule has 2 aromatic rings. The molecule has 0 saturated heterocycles. The molecule has 6 heteroatoms. The molecule has 17 heavy (non-hydrogen) atoms. The maximum Gasteiger partial charge on any atom is 0.335 e. The molecule has 0 atom stereocenters. The van der Waals surface area contributed by atoms with Crippen LogP contribution in [-0.2, 0) is 0 Å². The van der Waals surface area contributed by atoms with E-state index >= 15 is 0 Å². The third-order valence-corrected chi connectivity index (χ3v) is 2.51. The van der Waals surface area contributed by atoms with E-state index in [2.05, 4.69) is 9.97 Å². The Morgan fingerprint density at radius 1 is 1.53 bits per heavy atom. The van der Waals surface area contributed by atoms with Gasteiger partial charge in [0.15, 0.2) is 0 Å². The van der Waals surface area contributed by atoms with Crippen LogP contribution in [0.3, 0.4) is 0 Å². The van der Waals surface area contributed by atoms with Crippen molar-refractivity contribution in [1.82, 2.24) is 9.97 Å². The third-order valence-electron chi connectivity index (χ3n) is 2.51. The van der Waals surface area contributed by atoms with E-state index in [0.717, 1.165) is 0 Å². The largest absolute Gasteiger partial charge is 0.478 e. The summed E-state index contributed by atoms with van der Waals surface area (Å²) in [5.74, 6) is -0.358. The number of anilines is 1. The zero-order valence-electron chi connectivity index (χ0n) is 9.34. The summed E-state index contributed by atoms with van der Waals surface area (Å²) >= 11 is 0. The highest BCUT2D eigenvalue weighted by Crippen LogP contribution is 2.17. The van der Waals surface area contributed by atoms with Crippen molar-refractivity contribution >= 4 is 23.0 Å². The Balaban J connectivity index is 2.40. The highest BCUT2D eigenvalue weighted by Gasteiger charge is 2.09. The molecule has 0 saturated carbocycles. The number of aromatic nitrogens is 2. The standard InChI is InChI=1S/C11H13N3O3/c1-14(4-5-15)11-12-8-3-2-7(10(16)17)6-9(8)13-11/h2-3,6,15H,4-5H2,1H3,(H,12,13)(H,16,17). The van der Waals surface area contributed by atoms with E-state index in [4.69, 9.17) is 10.2 Å². The van der Waals surface area contributed by atoms with Crippen molar-refractivity contribution in [3.63, 3.8) is 0 Å². The van der Waals surface area contributed by atoms with Crippen LogP contribution in [0.5, 0.6) is 0 Å². The van der Waals surface area contributed by atoms with Gasteiger partial charge < -0.3 is 20.1 Å². The first-order valence-corrected chi connectivity index (χ1v) is 5.17. The number of carboxylic acids is 1. The molecule has 1 heterocycles. The smallest absolute Gasteiger partial charge is 0.335 e. The van der Waals surface area contributed by atoms with Crippen LogP contribution in [0.2, 0.25) is 0 Å². The maximum atomic E-state index is 10.8. The minimum absolute atomic E-state index is 0.0356. The Hall–Kier alpha value is -2.08. The molecule has 0 aliphatic carbocycles. The Morgan fingerprint density at radius 3 is 2.94 bits per heavy atom. The summed E-state index contributed by atoms with van der Waals surface area (Å²) < 4.78 is 0. The average molecular weight is 235 g/mol. The number of carboxylic acid groups (broad SMARTS) is 1. The number of aliphatic hydroxyl groups is 1. The molecule has 0 spiro atoms. The number of benzene rings is 1. The van der Waals surface area contributed by atoms with Crippen LogP contribution in [0.25, 0.3) is 11.0 Å². The van der Waals surface area contributed by atoms with Gasteiger partial charge in [-0.1, -0.05) is 0 Å². The molecule has 1 aromatic carbocycles. The second kappa shape index (κ2) is 4.42. The summed E-state index contributed by atoms with van der Waals surface area (Å²) in [6, 6.07) is 4.72. The summed E-state index contributed by atoms with van der Waals surface area (Å²) in [6.07, 6.45) is 0. The number of H-pyrrole nitrogens is 1. The lowest BCUT2D eigenvalue weighted by atomic mass is 10.2. The van der Waals surface area contributed by atoms with E-state index in [1.807, 2.05) is 0 Å². The number of imidazole rings is 1. The summed E-state index contributed by atoms with van der Waals surface area (Å²) in [5.41, 5.74) is 1.59. The first kappa shape index (κ1) is 11.4. The van der Waals surface area contributed by atoms with Crippen LogP contribution in [0, 0.1) is 0 Å². The monoisotopic (exact) mass is 235 g/mol. The fourth-order valence-electron chi connectivity index (χ4n) is 1.57. The van der Waals surface area contributed by atoms with Crippen LogP contribution < -0.4 is 4.90 Å². The van der Waals surface area contributed by atoms with E-state index in [0.29, 0.717) is 23.5 Å². The van der Waals surface area contributed by atoms with Crippen molar-refractivity contribution in [2.45, 2.75) is 0 Å². The average Bonchev–Trinajstić information content (AvgIpc) is 2.71. The number of likely N-dealkylation sites (N-methyl/N-ethyl adjacent to an activating group) is 1. The van der Waals surface area contributed by atoms with E-state index in [9.17, 15) is 4.79 Å². The van der Waals surface area contributed by atoms with Gasteiger partial charge in [-0.25, -0.2) is 9.78 Å². The Kier molecular flexibility index (Phi) is 2.97. The fraction of sp³-hybridized carbons (Fsp3) is 0.273. The summed E-state index contributed by atoms with van der Waals surface area (Å²) in [4.78, 5) is 19.9. The molecule has 0 fully saturated rings. The number of carbonyl (C=O) groups is 1. The Bertz CT molecular complexity index is 550. The normalized spacial score (nSPS) is 10.7. The predicted octanol–water partition coefficient (Wildman–Crippen LogP) is 0.690. The summed E-state index contributed by atoms with van der Waals surface area (Å²) in [6.45, 7) is 0.500. The number of hydrogen-bond acceptors (Lipinski definition) is 4. The molecule has 0 unspecified atom stereocenters. The van der Waals surface area contributed by atoms with E-state index in [1.54, 1.807) is 24.1 Å². The van der Waals surface area contributed by atoms with E-state index < -0.39 is 5.97 Å². The molecular formula is C11H13N3O3. The lowest BCUT2D eigenvalue weighted by Crippen LogP contribution is -2.22. The van der Waals surface area contributed by atoms with Crippen LogP contribution in [0.4, 0.5) is 5.95 Å². The SMILES string of the molecule is CN(CCO)c1nc2ccc(C(=O)O)cc2[nH]1. The van der Waals surface area contributed by atoms with Crippen molar-refractivity contribution < 1.29 is 15.0 Å². The van der Waals surface area contributed by atoms with Gasteiger partial charge >= 0.3 is 5.97 Å². The number of aromatic carboxylic acids is 1. The van der Waals surface area contributed by atoms with Crippen LogP contribution in [-0.4, -0.2) is 46.3 Å². The van der Waals surface area contributed by atoms with Crippen LogP contribution in [0.1, 0.15) is 10.4 Å². The zero-order valence-corrected chi connectivity index (χ0v) is 9.34. The van der Waals surface area contributed by atoms with Gasteiger partial charge in [-0.3, -0.25) is 0 Å². The molecule has 0 amide bonds. The number of nitrogens with one attached hydrogen (secondary N) is 1. The number of fused-ring (bicyclic) bond motifs is 1. The predicted molar refractivity (Wildman–Crippen MR) is 63.4 cm³/mol. The van der Waals surface area contributed by atoms with Gasteiger partial charge in [0.25, 0.3) is 0 Å². The van der Waals surface area contributed by atoms with Crippen molar-refractivity contribution in [3.8, 4) is 0 Å². The highest BCUT2D eigenvalue weighted by atomic mass is 16.4. The molecule has 0 aliphatic rings. The molecule has 0 radical (unpaired) electrons. The minimum atomic E-state index is -0.966. The van der Waals surface area contributed by atoms with Crippen LogP contribution in [0.15, 0.2) is 18.2 Å². The number of rotatable bonds is 4. The zero-order chi connectivity index (χ0) is 12.4. The van der Waals surface area contributed by atoms with Gasteiger partial charge in [0, 0.05) is 13.6 Å². The molecule has 1 aromatic heterocycles. The third kappa shape index (κ3) is 2.21. The highest BCUT2D eigenvalue weighted by molar-refractivity contribution is 5.92.